The standard InChI is InChI=1S/C22H25N3O3S/c1-27-20-14-16(15-23-25-22(29)24-18-10-6-3-7-11-18)12-13-19(20)28-21(26)17-8-4-2-5-9-17/h2,4-5,8-9,12-15,18H,3,6-7,10-11H2,1H3,(H2,24,25,29). The first-order chi connectivity index (χ1) is 14.2. The Morgan fingerprint density at radius 3 is 2.59 bits per heavy atom. The van der Waals surface area contributed by atoms with Crippen LogP contribution in [-0.2, 0) is 0 Å². The summed E-state index contributed by atoms with van der Waals surface area (Å²) < 4.78 is 10.8. The molecule has 0 unspecified atom stereocenters. The zero-order valence-electron chi connectivity index (χ0n) is 16.4. The van der Waals surface area contributed by atoms with Gasteiger partial charge in [0.2, 0.25) is 0 Å². The van der Waals surface area contributed by atoms with Crippen molar-refractivity contribution in [2.24, 2.45) is 5.10 Å². The van der Waals surface area contributed by atoms with Crippen LogP contribution in [-0.4, -0.2) is 30.4 Å². The van der Waals surface area contributed by atoms with Gasteiger partial charge in [-0.05, 0) is 61.0 Å². The van der Waals surface area contributed by atoms with Gasteiger partial charge in [0.15, 0.2) is 16.6 Å². The molecule has 0 aromatic heterocycles. The van der Waals surface area contributed by atoms with E-state index < -0.39 is 5.97 Å². The van der Waals surface area contributed by atoms with Crippen LogP contribution in [0.4, 0.5) is 0 Å². The topological polar surface area (TPSA) is 71.9 Å². The second-order valence-electron chi connectivity index (χ2n) is 6.84. The van der Waals surface area contributed by atoms with E-state index in [1.165, 1.54) is 26.4 Å². The maximum Gasteiger partial charge on any atom is 0.343 e. The normalized spacial score (nSPS) is 14.4. The van der Waals surface area contributed by atoms with E-state index in [1.54, 1.807) is 48.7 Å². The van der Waals surface area contributed by atoms with E-state index in [-0.39, 0.29) is 0 Å². The lowest BCUT2D eigenvalue weighted by Crippen LogP contribution is -2.40. The lowest BCUT2D eigenvalue weighted by molar-refractivity contribution is 0.0729. The van der Waals surface area contributed by atoms with Gasteiger partial charge in [-0.25, -0.2) is 4.79 Å². The highest BCUT2D eigenvalue weighted by Crippen LogP contribution is 2.28. The molecule has 1 aliphatic rings. The summed E-state index contributed by atoms with van der Waals surface area (Å²) in [7, 11) is 1.53. The number of methoxy groups -OCH3 is 1. The van der Waals surface area contributed by atoms with Crippen LogP contribution < -0.4 is 20.2 Å². The van der Waals surface area contributed by atoms with Gasteiger partial charge in [0.05, 0.1) is 18.9 Å². The molecule has 29 heavy (non-hydrogen) atoms. The van der Waals surface area contributed by atoms with E-state index in [9.17, 15) is 4.79 Å². The van der Waals surface area contributed by atoms with E-state index in [2.05, 4.69) is 15.8 Å². The minimum absolute atomic E-state index is 0.348. The molecule has 0 atom stereocenters. The van der Waals surface area contributed by atoms with Gasteiger partial charge in [-0.1, -0.05) is 37.5 Å². The SMILES string of the molecule is COc1cc(C=NNC(=S)NC2CCCCC2)ccc1OC(=O)c1ccccc1. The minimum Gasteiger partial charge on any atom is -0.493 e. The first kappa shape index (κ1) is 20.8. The highest BCUT2D eigenvalue weighted by Gasteiger charge is 2.14. The van der Waals surface area contributed by atoms with Gasteiger partial charge in [0, 0.05) is 6.04 Å². The molecule has 2 aromatic rings. The number of hydrogen-bond acceptors (Lipinski definition) is 5. The molecule has 1 aliphatic carbocycles. The predicted molar refractivity (Wildman–Crippen MR) is 118 cm³/mol. The highest BCUT2D eigenvalue weighted by atomic mass is 32.1. The average molecular weight is 412 g/mol. The van der Waals surface area contributed by atoms with Gasteiger partial charge in [0.1, 0.15) is 0 Å². The Balaban J connectivity index is 1.57. The third kappa shape index (κ3) is 6.29. The molecule has 3 rings (SSSR count). The Morgan fingerprint density at radius 1 is 1.10 bits per heavy atom. The van der Waals surface area contributed by atoms with Crippen LogP contribution in [0.5, 0.6) is 11.5 Å². The summed E-state index contributed by atoms with van der Waals surface area (Å²) in [6.45, 7) is 0. The lowest BCUT2D eigenvalue weighted by atomic mass is 9.96. The van der Waals surface area contributed by atoms with Crippen LogP contribution in [0.3, 0.4) is 0 Å². The number of esters is 1. The molecule has 6 nitrogen and oxygen atoms in total. The number of rotatable bonds is 6. The van der Waals surface area contributed by atoms with E-state index >= 15 is 0 Å². The van der Waals surface area contributed by atoms with E-state index in [4.69, 9.17) is 21.7 Å². The number of carbonyl (C=O) groups is 1. The van der Waals surface area contributed by atoms with Gasteiger partial charge < -0.3 is 14.8 Å². The molecular weight excluding hydrogens is 386 g/mol. The van der Waals surface area contributed by atoms with Crippen molar-refractivity contribution in [2.45, 2.75) is 38.1 Å². The van der Waals surface area contributed by atoms with E-state index in [0.717, 1.165) is 18.4 Å². The van der Waals surface area contributed by atoms with Crippen LogP contribution in [0.25, 0.3) is 0 Å². The number of carbonyl (C=O) groups excluding carboxylic acids is 1. The molecule has 0 bridgehead atoms. The Hall–Kier alpha value is -2.93. The number of hydrazone groups is 1. The van der Waals surface area contributed by atoms with Gasteiger partial charge >= 0.3 is 5.97 Å². The molecule has 2 aromatic carbocycles. The maximum atomic E-state index is 12.2. The van der Waals surface area contributed by atoms with E-state index in [1.807, 2.05) is 6.07 Å². The highest BCUT2D eigenvalue weighted by molar-refractivity contribution is 7.80. The van der Waals surface area contributed by atoms with Crippen molar-refractivity contribution in [3.8, 4) is 11.5 Å². The maximum absolute atomic E-state index is 12.2. The van der Waals surface area contributed by atoms with Crippen LogP contribution >= 0.6 is 12.2 Å². The van der Waals surface area contributed by atoms with Crippen molar-refractivity contribution in [3.63, 3.8) is 0 Å². The largest absolute Gasteiger partial charge is 0.493 e. The Labute approximate surface area is 176 Å². The van der Waals surface area contributed by atoms with Gasteiger partial charge in [0.25, 0.3) is 0 Å². The molecule has 152 valence electrons. The first-order valence-electron chi connectivity index (χ1n) is 9.70. The van der Waals surface area contributed by atoms with Crippen LogP contribution in [0.15, 0.2) is 53.6 Å². The van der Waals surface area contributed by atoms with Crippen molar-refractivity contribution >= 4 is 29.5 Å². The quantitative estimate of drug-likeness (QED) is 0.246. The smallest absolute Gasteiger partial charge is 0.343 e. The molecule has 7 heteroatoms. The van der Waals surface area contributed by atoms with Gasteiger partial charge in [-0.3, -0.25) is 5.43 Å². The number of nitrogens with zero attached hydrogens (tertiary/aromatic N) is 1. The minimum atomic E-state index is -0.439. The molecule has 0 spiro atoms. The summed E-state index contributed by atoms with van der Waals surface area (Å²) >= 11 is 5.30. The second kappa shape index (κ2) is 10.6. The monoisotopic (exact) mass is 411 g/mol. The van der Waals surface area contributed by atoms with Gasteiger partial charge in [-0.15, -0.1) is 0 Å². The molecule has 1 saturated carbocycles. The fraction of sp³-hybridized carbons (Fsp3) is 0.318. The van der Waals surface area contributed by atoms with Crippen LogP contribution in [0.2, 0.25) is 0 Å². The third-order valence-electron chi connectivity index (χ3n) is 4.72. The number of nitrogens with one attached hydrogen (secondary N) is 2. The zero-order valence-corrected chi connectivity index (χ0v) is 17.2. The molecule has 1 fully saturated rings. The van der Waals surface area contributed by atoms with Crippen LogP contribution in [0, 0.1) is 0 Å². The Kier molecular flexibility index (Phi) is 7.58. The fourth-order valence-electron chi connectivity index (χ4n) is 3.21. The molecule has 0 amide bonds. The Morgan fingerprint density at radius 2 is 1.86 bits per heavy atom. The third-order valence-corrected chi connectivity index (χ3v) is 4.93. The fourth-order valence-corrected chi connectivity index (χ4v) is 3.43. The van der Waals surface area contributed by atoms with Crippen molar-refractivity contribution in [1.29, 1.82) is 0 Å². The average Bonchev–Trinajstić information content (AvgIpc) is 2.76. The molecular formula is C22H25N3O3S. The lowest BCUT2D eigenvalue weighted by Gasteiger charge is -2.23. The summed E-state index contributed by atoms with van der Waals surface area (Å²) in [4.78, 5) is 12.2. The molecule has 2 N–H and O–H groups in total. The number of ether oxygens (including phenoxy) is 2. The van der Waals surface area contributed by atoms with Crippen molar-refractivity contribution in [1.82, 2.24) is 10.7 Å². The van der Waals surface area contributed by atoms with Crippen molar-refractivity contribution in [3.05, 3.63) is 59.7 Å². The molecule has 0 radical (unpaired) electrons. The second-order valence-corrected chi connectivity index (χ2v) is 7.25. The summed E-state index contributed by atoms with van der Waals surface area (Å²) in [6, 6.07) is 14.5. The van der Waals surface area contributed by atoms with Crippen molar-refractivity contribution in [2.75, 3.05) is 7.11 Å². The summed E-state index contributed by atoms with van der Waals surface area (Å²) in [5, 5.41) is 8.00. The molecule has 0 aliphatic heterocycles. The van der Waals surface area contributed by atoms with Crippen LogP contribution in [0.1, 0.15) is 48.0 Å². The first-order valence-corrected chi connectivity index (χ1v) is 10.1. The summed E-state index contributed by atoms with van der Waals surface area (Å²) in [5.74, 6) is 0.355. The number of benzene rings is 2. The summed E-state index contributed by atoms with van der Waals surface area (Å²) in [6.07, 6.45) is 7.71. The molecule has 0 heterocycles. The molecule has 0 saturated heterocycles. The predicted octanol–water partition coefficient (Wildman–Crippen LogP) is 4.05. The number of hydrogen-bond donors (Lipinski definition) is 2. The van der Waals surface area contributed by atoms with Gasteiger partial charge in [-0.2, -0.15) is 5.10 Å². The summed E-state index contributed by atoms with van der Waals surface area (Å²) in [5.41, 5.74) is 4.11. The Bertz CT molecular complexity index is 865. The van der Waals surface area contributed by atoms with Crippen molar-refractivity contribution < 1.29 is 14.3 Å². The number of thiocarbonyl (C=S) groups is 1. The zero-order chi connectivity index (χ0) is 20.5. The van der Waals surface area contributed by atoms with E-state index in [0.29, 0.717) is 28.2 Å².